The molecule has 21 heavy (non-hydrogen) atoms. The van der Waals surface area contributed by atoms with Crippen LogP contribution in [0.4, 0.5) is 11.4 Å². The van der Waals surface area contributed by atoms with Crippen LogP contribution in [0.25, 0.3) is 0 Å². The highest BCUT2D eigenvalue weighted by molar-refractivity contribution is 6.31. The fourth-order valence-corrected chi connectivity index (χ4v) is 1.65. The first kappa shape index (κ1) is 17.7. The quantitative estimate of drug-likeness (QED) is 0.509. The molecule has 3 N–H and O–H groups in total. The van der Waals surface area contributed by atoms with Gasteiger partial charge in [-0.1, -0.05) is 11.6 Å². The van der Waals surface area contributed by atoms with E-state index in [2.05, 4.69) is 5.32 Å². The van der Waals surface area contributed by atoms with E-state index in [1.54, 1.807) is 25.3 Å². The van der Waals surface area contributed by atoms with Crippen molar-refractivity contribution < 1.29 is 19.0 Å². The van der Waals surface area contributed by atoms with Crippen molar-refractivity contribution in [1.29, 1.82) is 0 Å². The molecule has 0 radical (unpaired) electrons. The van der Waals surface area contributed by atoms with Crippen LogP contribution in [0, 0.1) is 0 Å². The van der Waals surface area contributed by atoms with E-state index < -0.39 is 0 Å². The van der Waals surface area contributed by atoms with Crippen LogP contribution >= 0.6 is 11.6 Å². The number of benzene rings is 1. The van der Waals surface area contributed by atoms with Crippen LogP contribution in [-0.2, 0) is 19.0 Å². The van der Waals surface area contributed by atoms with Crippen LogP contribution in [0.3, 0.4) is 0 Å². The summed E-state index contributed by atoms with van der Waals surface area (Å²) in [6.45, 7) is 2.33. The minimum atomic E-state index is -0.177. The van der Waals surface area contributed by atoms with Crippen molar-refractivity contribution in [3.05, 3.63) is 23.2 Å². The molecule has 0 atom stereocenters. The highest BCUT2D eigenvalue weighted by Crippen LogP contribution is 2.22. The smallest absolute Gasteiger partial charge is 0.226 e. The molecular formula is C14H21ClN2O4. The lowest BCUT2D eigenvalue weighted by molar-refractivity contribution is -0.117. The summed E-state index contributed by atoms with van der Waals surface area (Å²) in [5, 5.41) is 3.21. The fraction of sp³-hybridized carbons (Fsp3) is 0.500. The van der Waals surface area contributed by atoms with Crippen LogP contribution in [0.1, 0.15) is 6.42 Å². The van der Waals surface area contributed by atoms with Crippen molar-refractivity contribution in [3.8, 4) is 0 Å². The Labute approximate surface area is 129 Å². The summed E-state index contributed by atoms with van der Waals surface area (Å²) in [6.07, 6.45) is 0.240. The van der Waals surface area contributed by atoms with E-state index >= 15 is 0 Å². The normalized spacial score (nSPS) is 10.6. The molecule has 1 amide bonds. The second-order valence-electron chi connectivity index (χ2n) is 4.25. The number of nitrogen functional groups attached to an aromatic ring is 1. The minimum absolute atomic E-state index is 0.177. The van der Waals surface area contributed by atoms with Crippen molar-refractivity contribution in [2.75, 3.05) is 51.2 Å². The summed E-state index contributed by atoms with van der Waals surface area (Å²) in [4.78, 5) is 11.7. The first-order valence-corrected chi connectivity index (χ1v) is 7.00. The summed E-state index contributed by atoms with van der Waals surface area (Å²) in [5.41, 5.74) is 6.72. The molecule has 0 heterocycles. The fourth-order valence-electron chi connectivity index (χ4n) is 1.48. The van der Waals surface area contributed by atoms with Crippen molar-refractivity contribution in [2.45, 2.75) is 6.42 Å². The molecule has 0 saturated heterocycles. The predicted molar refractivity (Wildman–Crippen MR) is 82.6 cm³/mol. The molecule has 0 aliphatic heterocycles. The van der Waals surface area contributed by atoms with Crippen LogP contribution in [0.2, 0.25) is 5.02 Å². The van der Waals surface area contributed by atoms with E-state index in [4.69, 9.17) is 31.5 Å². The molecule has 0 unspecified atom stereocenters. The van der Waals surface area contributed by atoms with Crippen molar-refractivity contribution in [2.24, 2.45) is 0 Å². The zero-order valence-electron chi connectivity index (χ0n) is 12.1. The van der Waals surface area contributed by atoms with Crippen molar-refractivity contribution in [3.63, 3.8) is 0 Å². The lowest BCUT2D eigenvalue weighted by Gasteiger charge is -2.09. The van der Waals surface area contributed by atoms with Crippen molar-refractivity contribution in [1.82, 2.24) is 0 Å². The van der Waals surface area contributed by atoms with Gasteiger partial charge in [0.15, 0.2) is 0 Å². The number of nitrogens with one attached hydrogen (secondary N) is 1. The van der Waals surface area contributed by atoms with Gasteiger partial charge >= 0.3 is 0 Å². The van der Waals surface area contributed by atoms with E-state index in [9.17, 15) is 4.79 Å². The Hall–Kier alpha value is -1.34. The number of hydrogen-bond acceptors (Lipinski definition) is 5. The maximum absolute atomic E-state index is 11.7. The van der Waals surface area contributed by atoms with Gasteiger partial charge in [0.1, 0.15) is 0 Å². The van der Waals surface area contributed by atoms with Gasteiger partial charge in [0.05, 0.1) is 50.8 Å². The van der Waals surface area contributed by atoms with Gasteiger partial charge in [-0.05, 0) is 18.2 Å². The first-order chi connectivity index (χ1) is 10.1. The highest BCUT2D eigenvalue weighted by atomic mass is 35.5. The topological polar surface area (TPSA) is 82.8 Å². The standard InChI is InChI=1S/C14H21ClN2O4/c1-19-6-7-21-9-8-20-5-4-14(18)17-13-10-11(15)2-3-12(13)16/h2-3,10H,4-9,16H2,1H3,(H,17,18). The number of nitrogens with two attached hydrogens (primary N) is 1. The highest BCUT2D eigenvalue weighted by Gasteiger charge is 2.06. The Morgan fingerprint density at radius 1 is 1.19 bits per heavy atom. The molecule has 0 aromatic heterocycles. The monoisotopic (exact) mass is 316 g/mol. The molecule has 0 bridgehead atoms. The average molecular weight is 317 g/mol. The third kappa shape index (κ3) is 7.87. The van der Waals surface area contributed by atoms with Gasteiger partial charge in [0.2, 0.25) is 5.91 Å². The number of ether oxygens (including phenoxy) is 3. The number of carbonyl (C=O) groups excluding carboxylic acids is 1. The maximum atomic E-state index is 11.7. The number of rotatable bonds is 10. The van der Waals surface area contributed by atoms with E-state index in [1.165, 1.54) is 0 Å². The summed E-state index contributed by atoms with van der Waals surface area (Å²) >= 11 is 5.84. The Kier molecular flexibility index (Phi) is 8.77. The van der Waals surface area contributed by atoms with Gasteiger partial charge in [0.25, 0.3) is 0 Å². The number of anilines is 2. The van der Waals surface area contributed by atoms with Crippen LogP contribution in [0.15, 0.2) is 18.2 Å². The summed E-state index contributed by atoms with van der Waals surface area (Å²) in [7, 11) is 1.62. The van der Waals surface area contributed by atoms with E-state index in [0.29, 0.717) is 49.4 Å². The second kappa shape index (κ2) is 10.4. The lowest BCUT2D eigenvalue weighted by Crippen LogP contribution is -2.16. The first-order valence-electron chi connectivity index (χ1n) is 6.62. The van der Waals surface area contributed by atoms with Crippen LogP contribution < -0.4 is 11.1 Å². The van der Waals surface area contributed by atoms with Gasteiger partial charge in [-0.3, -0.25) is 4.79 Å². The van der Waals surface area contributed by atoms with Gasteiger partial charge in [-0.2, -0.15) is 0 Å². The zero-order valence-corrected chi connectivity index (χ0v) is 12.8. The molecule has 1 aromatic carbocycles. The minimum Gasteiger partial charge on any atom is -0.397 e. The number of hydrogen-bond donors (Lipinski definition) is 2. The molecular weight excluding hydrogens is 296 g/mol. The zero-order chi connectivity index (χ0) is 15.5. The van der Waals surface area contributed by atoms with Crippen LogP contribution in [0.5, 0.6) is 0 Å². The molecule has 1 rings (SSSR count). The van der Waals surface area contributed by atoms with Gasteiger partial charge in [0, 0.05) is 12.1 Å². The molecule has 0 fully saturated rings. The number of halogens is 1. The largest absolute Gasteiger partial charge is 0.397 e. The Bertz CT molecular complexity index is 443. The van der Waals surface area contributed by atoms with Gasteiger partial charge in [-0.15, -0.1) is 0 Å². The molecule has 7 heteroatoms. The average Bonchev–Trinajstić information content (AvgIpc) is 2.46. The van der Waals surface area contributed by atoms with Crippen molar-refractivity contribution >= 4 is 28.9 Å². The molecule has 0 saturated carbocycles. The number of amides is 1. The molecule has 118 valence electrons. The van der Waals surface area contributed by atoms with E-state index in [0.717, 1.165) is 0 Å². The third-order valence-electron chi connectivity index (χ3n) is 2.57. The van der Waals surface area contributed by atoms with E-state index in [-0.39, 0.29) is 12.3 Å². The Morgan fingerprint density at radius 2 is 1.86 bits per heavy atom. The maximum Gasteiger partial charge on any atom is 0.226 e. The lowest BCUT2D eigenvalue weighted by atomic mass is 10.2. The molecule has 0 aliphatic carbocycles. The summed E-state index contributed by atoms with van der Waals surface area (Å²) in [5.74, 6) is -0.177. The molecule has 1 aromatic rings. The van der Waals surface area contributed by atoms with Crippen LogP contribution in [-0.4, -0.2) is 46.1 Å². The SMILES string of the molecule is COCCOCCOCCC(=O)Nc1cc(Cl)ccc1N. The summed E-state index contributed by atoms with van der Waals surface area (Å²) in [6, 6.07) is 4.92. The Morgan fingerprint density at radius 3 is 2.57 bits per heavy atom. The molecule has 6 nitrogen and oxygen atoms in total. The molecule has 0 aliphatic rings. The number of carbonyl (C=O) groups is 1. The third-order valence-corrected chi connectivity index (χ3v) is 2.80. The Balaban J connectivity index is 2.13. The summed E-state index contributed by atoms with van der Waals surface area (Å²) < 4.78 is 15.4. The van der Waals surface area contributed by atoms with E-state index in [1.807, 2.05) is 0 Å². The van der Waals surface area contributed by atoms with Gasteiger partial charge in [-0.25, -0.2) is 0 Å². The second-order valence-corrected chi connectivity index (χ2v) is 4.68. The van der Waals surface area contributed by atoms with Gasteiger partial charge < -0.3 is 25.3 Å². The molecule has 0 spiro atoms. The number of methoxy groups -OCH3 is 1. The predicted octanol–water partition coefficient (Wildman–Crippen LogP) is 1.93.